The van der Waals surface area contributed by atoms with E-state index in [0.717, 1.165) is 25.9 Å². The predicted octanol–water partition coefficient (Wildman–Crippen LogP) is 3.98. The molecule has 1 aliphatic heterocycles. The number of carbonyl (C=O) groups is 1. The molecule has 1 atom stereocenters. The van der Waals surface area contributed by atoms with E-state index in [1.807, 2.05) is 17.0 Å². The number of halogens is 2. The van der Waals surface area contributed by atoms with Crippen molar-refractivity contribution in [2.45, 2.75) is 24.6 Å². The molecule has 2 nitrogen and oxygen atoms in total. The number of amides is 1. The van der Waals surface area contributed by atoms with Crippen molar-refractivity contribution < 1.29 is 4.79 Å². The minimum atomic E-state index is 0.0567. The van der Waals surface area contributed by atoms with Crippen molar-refractivity contribution in [2.75, 3.05) is 13.1 Å². The second-order valence-corrected chi connectivity index (χ2v) is 6.64. The molecule has 4 heteroatoms. The normalized spacial score (nSPS) is 18.7. The fourth-order valence-electron chi connectivity index (χ4n) is 2.37. The Labute approximate surface area is 121 Å². The molecule has 0 saturated carbocycles. The van der Waals surface area contributed by atoms with Gasteiger partial charge in [-0.2, -0.15) is 0 Å². The summed E-state index contributed by atoms with van der Waals surface area (Å²) in [6.07, 6.45) is 2.12. The SMILES string of the molecule is CC(Br)C1CCN(C(=O)c2ccccc2Cl)CC1. The molecule has 0 aliphatic carbocycles. The molecule has 1 aliphatic rings. The number of carbonyl (C=O) groups excluding carboxylic acids is 1. The van der Waals surface area contributed by atoms with Crippen LogP contribution >= 0.6 is 27.5 Å². The lowest BCUT2D eigenvalue weighted by molar-refractivity contribution is 0.0691. The number of alkyl halides is 1. The summed E-state index contributed by atoms with van der Waals surface area (Å²) < 4.78 is 0. The summed E-state index contributed by atoms with van der Waals surface area (Å²) in [6.45, 7) is 3.82. The quantitative estimate of drug-likeness (QED) is 0.751. The lowest BCUT2D eigenvalue weighted by atomic mass is 9.94. The molecule has 18 heavy (non-hydrogen) atoms. The first-order chi connectivity index (χ1) is 8.59. The van der Waals surface area contributed by atoms with Crippen molar-refractivity contribution in [3.63, 3.8) is 0 Å². The highest BCUT2D eigenvalue weighted by Crippen LogP contribution is 2.26. The lowest BCUT2D eigenvalue weighted by Crippen LogP contribution is -2.40. The molecule has 1 saturated heterocycles. The van der Waals surface area contributed by atoms with E-state index < -0.39 is 0 Å². The molecule has 0 bridgehead atoms. The van der Waals surface area contributed by atoms with Gasteiger partial charge in [-0.3, -0.25) is 4.79 Å². The Kier molecular flexibility index (Phi) is 4.68. The van der Waals surface area contributed by atoms with Gasteiger partial charge in [0.15, 0.2) is 0 Å². The van der Waals surface area contributed by atoms with Crippen LogP contribution in [0.3, 0.4) is 0 Å². The van der Waals surface area contributed by atoms with Gasteiger partial charge in [0.05, 0.1) is 10.6 Å². The maximum absolute atomic E-state index is 12.3. The summed E-state index contributed by atoms with van der Waals surface area (Å²) >= 11 is 9.69. The molecular weight excluding hydrogens is 314 g/mol. The Hall–Kier alpha value is -0.540. The fraction of sp³-hybridized carbons (Fsp3) is 0.500. The molecule has 0 N–H and O–H groups in total. The number of benzene rings is 1. The Morgan fingerprint density at radius 3 is 2.56 bits per heavy atom. The van der Waals surface area contributed by atoms with Crippen molar-refractivity contribution in [2.24, 2.45) is 5.92 Å². The molecular formula is C14H17BrClNO. The van der Waals surface area contributed by atoms with Crippen LogP contribution in [0.2, 0.25) is 5.02 Å². The van der Waals surface area contributed by atoms with Gasteiger partial charge < -0.3 is 4.90 Å². The van der Waals surface area contributed by atoms with Crippen LogP contribution in [0.1, 0.15) is 30.1 Å². The topological polar surface area (TPSA) is 20.3 Å². The van der Waals surface area contributed by atoms with Crippen molar-refractivity contribution in [1.29, 1.82) is 0 Å². The van der Waals surface area contributed by atoms with Gasteiger partial charge >= 0.3 is 0 Å². The Balaban J connectivity index is 2.02. The maximum Gasteiger partial charge on any atom is 0.255 e. The highest BCUT2D eigenvalue weighted by atomic mass is 79.9. The molecule has 0 aromatic heterocycles. The highest BCUT2D eigenvalue weighted by Gasteiger charge is 2.26. The van der Waals surface area contributed by atoms with Gasteiger partial charge in [-0.15, -0.1) is 0 Å². The van der Waals surface area contributed by atoms with Crippen LogP contribution in [0, 0.1) is 5.92 Å². The standard InChI is InChI=1S/C14H17BrClNO/c1-10(15)11-6-8-17(9-7-11)14(18)12-4-2-3-5-13(12)16/h2-5,10-11H,6-9H2,1H3. The Morgan fingerprint density at radius 1 is 1.39 bits per heavy atom. The van der Waals surface area contributed by atoms with Gasteiger partial charge in [-0.1, -0.05) is 46.6 Å². The van der Waals surface area contributed by atoms with Crippen LogP contribution in [0.15, 0.2) is 24.3 Å². The molecule has 2 rings (SSSR count). The molecule has 1 fully saturated rings. The smallest absolute Gasteiger partial charge is 0.255 e. The first kappa shape index (κ1) is 13.9. The highest BCUT2D eigenvalue weighted by molar-refractivity contribution is 9.09. The lowest BCUT2D eigenvalue weighted by Gasteiger charge is -2.33. The maximum atomic E-state index is 12.3. The summed E-state index contributed by atoms with van der Waals surface area (Å²) in [4.78, 5) is 14.8. The number of likely N-dealkylation sites (tertiary alicyclic amines) is 1. The zero-order chi connectivity index (χ0) is 13.1. The molecule has 1 aromatic rings. The number of rotatable bonds is 2. The number of hydrogen-bond donors (Lipinski definition) is 0. The third kappa shape index (κ3) is 3.07. The zero-order valence-corrected chi connectivity index (χ0v) is 12.7. The van der Waals surface area contributed by atoms with Crippen molar-refractivity contribution in [3.8, 4) is 0 Å². The summed E-state index contributed by atoms with van der Waals surface area (Å²) in [6, 6.07) is 7.26. The molecule has 0 radical (unpaired) electrons. The number of piperidine rings is 1. The van der Waals surface area contributed by atoms with E-state index >= 15 is 0 Å². The van der Waals surface area contributed by atoms with Crippen LogP contribution in [0.25, 0.3) is 0 Å². The first-order valence-electron chi connectivity index (χ1n) is 6.27. The van der Waals surface area contributed by atoms with Crippen LogP contribution < -0.4 is 0 Å². The van der Waals surface area contributed by atoms with Gasteiger partial charge in [-0.05, 0) is 30.9 Å². The van der Waals surface area contributed by atoms with E-state index in [9.17, 15) is 4.79 Å². The first-order valence-corrected chi connectivity index (χ1v) is 7.57. The van der Waals surface area contributed by atoms with Crippen LogP contribution in [-0.2, 0) is 0 Å². The van der Waals surface area contributed by atoms with Gasteiger partial charge in [0.2, 0.25) is 0 Å². The number of hydrogen-bond acceptors (Lipinski definition) is 1. The minimum Gasteiger partial charge on any atom is -0.339 e. The Bertz CT molecular complexity index is 428. The van der Waals surface area contributed by atoms with E-state index in [0.29, 0.717) is 21.3 Å². The van der Waals surface area contributed by atoms with Gasteiger partial charge in [0.1, 0.15) is 0 Å². The largest absolute Gasteiger partial charge is 0.339 e. The van der Waals surface area contributed by atoms with E-state index in [2.05, 4.69) is 22.9 Å². The monoisotopic (exact) mass is 329 g/mol. The summed E-state index contributed by atoms with van der Waals surface area (Å²) in [5, 5.41) is 0.540. The fourth-order valence-corrected chi connectivity index (χ4v) is 3.11. The van der Waals surface area contributed by atoms with Crippen molar-refractivity contribution in [1.82, 2.24) is 4.90 Å². The summed E-state index contributed by atoms with van der Waals surface area (Å²) in [5.74, 6) is 0.724. The van der Waals surface area contributed by atoms with Gasteiger partial charge in [-0.25, -0.2) is 0 Å². The third-order valence-electron chi connectivity index (χ3n) is 3.58. The second-order valence-electron chi connectivity index (χ2n) is 4.79. The van der Waals surface area contributed by atoms with E-state index in [1.54, 1.807) is 12.1 Å². The minimum absolute atomic E-state index is 0.0567. The average Bonchev–Trinajstić information content (AvgIpc) is 2.38. The van der Waals surface area contributed by atoms with E-state index in [-0.39, 0.29) is 5.91 Å². The molecule has 1 unspecified atom stereocenters. The van der Waals surface area contributed by atoms with Gasteiger partial charge in [0, 0.05) is 17.9 Å². The van der Waals surface area contributed by atoms with Crippen LogP contribution in [-0.4, -0.2) is 28.7 Å². The molecule has 1 heterocycles. The van der Waals surface area contributed by atoms with Crippen LogP contribution in [0.5, 0.6) is 0 Å². The molecule has 98 valence electrons. The van der Waals surface area contributed by atoms with Gasteiger partial charge in [0.25, 0.3) is 5.91 Å². The number of nitrogens with zero attached hydrogens (tertiary/aromatic N) is 1. The summed E-state index contributed by atoms with van der Waals surface area (Å²) in [7, 11) is 0. The second kappa shape index (κ2) is 6.07. The molecule has 1 amide bonds. The average molecular weight is 331 g/mol. The zero-order valence-electron chi connectivity index (χ0n) is 10.4. The molecule has 1 aromatic carbocycles. The van der Waals surface area contributed by atoms with Crippen LogP contribution in [0.4, 0.5) is 0 Å². The van der Waals surface area contributed by atoms with E-state index in [1.165, 1.54) is 0 Å². The predicted molar refractivity (Wildman–Crippen MR) is 78.5 cm³/mol. The van der Waals surface area contributed by atoms with Crippen molar-refractivity contribution >= 4 is 33.4 Å². The Morgan fingerprint density at radius 2 is 2.00 bits per heavy atom. The third-order valence-corrected chi connectivity index (χ3v) is 4.66. The van der Waals surface area contributed by atoms with E-state index in [4.69, 9.17) is 11.6 Å². The van der Waals surface area contributed by atoms with Crippen molar-refractivity contribution in [3.05, 3.63) is 34.9 Å². The molecule has 0 spiro atoms. The summed E-state index contributed by atoms with van der Waals surface area (Å²) in [5.41, 5.74) is 0.615.